The highest BCUT2D eigenvalue weighted by molar-refractivity contribution is 7.99. The molecule has 0 spiro atoms. The van der Waals surface area contributed by atoms with Gasteiger partial charge < -0.3 is 9.47 Å². The van der Waals surface area contributed by atoms with Crippen LogP contribution in [0.15, 0.2) is 156 Å². The summed E-state index contributed by atoms with van der Waals surface area (Å²) in [7, 11) is -7.71. The Morgan fingerprint density at radius 1 is 0.561 bits per heavy atom. The summed E-state index contributed by atoms with van der Waals surface area (Å²) in [4.78, 5) is 27.1. The molecule has 57 heavy (non-hydrogen) atoms. The number of ketones is 2. The molecule has 0 aliphatic carbocycles. The SMILES string of the molecule is CCOc1cccc(S)c1.CCOc1cccc(Sc2ccc3c(c2Cl)S(=O)(=O)c2ccccc2C3=O)c1.O=C1c2ccccc2S(=O)(=O)c2c1ccc(Cl)c2Cl. The van der Waals surface area contributed by atoms with Crippen LogP contribution in [0.25, 0.3) is 0 Å². The smallest absolute Gasteiger partial charge is 0.209 e. The number of hydrogen-bond acceptors (Lipinski definition) is 10. The summed E-state index contributed by atoms with van der Waals surface area (Å²) in [6.45, 7) is 5.12. The summed E-state index contributed by atoms with van der Waals surface area (Å²) in [5, 5.41) is 0.0605. The van der Waals surface area contributed by atoms with Crippen LogP contribution in [0.2, 0.25) is 15.1 Å². The van der Waals surface area contributed by atoms with E-state index in [-0.39, 0.29) is 68.5 Å². The number of ether oxygens (including phenoxy) is 2. The Bertz CT molecular complexity index is 2770. The monoisotopic (exact) mass is 896 g/mol. The fraction of sp³-hybridized carbons (Fsp3) is 0.0952. The summed E-state index contributed by atoms with van der Waals surface area (Å²) in [5.41, 5.74) is 0.508. The van der Waals surface area contributed by atoms with Crippen LogP contribution in [0.5, 0.6) is 11.5 Å². The number of hydrogen-bond donors (Lipinski definition) is 1. The minimum atomic E-state index is -3.89. The molecular formula is C42H31Cl3O8S4. The average Bonchev–Trinajstić information content (AvgIpc) is 3.19. The van der Waals surface area contributed by atoms with E-state index >= 15 is 0 Å². The quantitative estimate of drug-likeness (QED) is 0.163. The molecule has 8 rings (SSSR count). The van der Waals surface area contributed by atoms with Gasteiger partial charge in [0.05, 0.1) is 38.1 Å². The lowest BCUT2D eigenvalue weighted by Crippen LogP contribution is -2.20. The summed E-state index contributed by atoms with van der Waals surface area (Å²) >= 11 is 23.8. The molecule has 0 fully saturated rings. The van der Waals surface area contributed by atoms with Crippen molar-refractivity contribution < 1.29 is 35.9 Å². The van der Waals surface area contributed by atoms with Gasteiger partial charge in [-0.2, -0.15) is 0 Å². The molecule has 292 valence electrons. The highest BCUT2D eigenvalue weighted by Crippen LogP contribution is 2.45. The maximum Gasteiger partial charge on any atom is 0.209 e. The first-order valence-electron chi connectivity index (χ1n) is 17.1. The zero-order valence-electron chi connectivity index (χ0n) is 30.0. The van der Waals surface area contributed by atoms with Crippen LogP contribution in [-0.2, 0) is 19.7 Å². The van der Waals surface area contributed by atoms with Crippen LogP contribution >= 0.6 is 59.2 Å². The van der Waals surface area contributed by atoms with E-state index in [1.54, 1.807) is 30.3 Å². The molecule has 8 nitrogen and oxygen atoms in total. The molecule has 0 amide bonds. The predicted octanol–water partition coefficient (Wildman–Crippen LogP) is 11.0. The number of carbonyl (C=O) groups is 2. The second-order valence-electron chi connectivity index (χ2n) is 12.1. The van der Waals surface area contributed by atoms with E-state index in [9.17, 15) is 26.4 Å². The molecule has 2 aliphatic rings. The largest absolute Gasteiger partial charge is 0.494 e. The predicted molar refractivity (Wildman–Crippen MR) is 225 cm³/mol. The summed E-state index contributed by atoms with van der Waals surface area (Å²) < 4.78 is 62.1. The number of fused-ring (bicyclic) bond motifs is 4. The van der Waals surface area contributed by atoms with Crippen molar-refractivity contribution >= 4 is 90.4 Å². The van der Waals surface area contributed by atoms with Crippen molar-refractivity contribution in [3.05, 3.63) is 159 Å². The minimum absolute atomic E-state index is 0.00473. The van der Waals surface area contributed by atoms with E-state index in [4.69, 9.17) is 44.3 Å². The molecule has 6 aromatic rings. The molecule has 0 saturated heterocycles. The second-order valence-corrected chi connectivity index (χ2v) is 18.6. The van der Waals surface area contributed by atoms with E-state index in [1.165, 1.54) is 54.2 Å². The zero-order valence-corrected chi connectivity index (χ0v) is 35.6. The Balaban J connectivity index is 0.000000162. The van der Waals surface area contributed by atoms with Crippen molar-refractivity contribution in [3.63, 3.8) is 0 Å². The molecule has 0 N–H and O–H groups in total. The first-order valence-corrected chi connectivity index (χ1v) is 22.5. The van der Waals surface area contributed by atoms with Crippen LogP contribution in [0.1, 0.15) is 45.7 Å². The van der Waals surface area contributed by atoms with Crippen molar-refractivity contribution in [2.75, 3.05) is 13.2 Å². The first kappa shape index (κ1) is 42.3. The van der Waals surface area contributed by atoms with Gasteiger partial charge in [0.25, 0.3) is 0 Å². The van der Waals surface area contributed by atoms with Gasteiger partial charge in [-0.15, -0.1) is 12.6 Å². The molecule has 0 radical (unpaired) electrons. The molecule has 2 aliphatic heterocycles. The molecule has 2 heterocycles. The molecule has 6 aromatic carbocycles. The normalized spacial score (nSPS) is 13.9. The highest BCUT2D eigenvalue weighted by Gasteiger charge is 2.38. The van der Waals surface area contributed by atoms with Crippen LogP contribution < -0.4 is 9.47 Å². The van der Waals surface area contributed by atoms with Crippen LogP contribution in [-0.4, -0.2) is 41.6 Å². The fourth-order valence-corrected chi connectivity index (χ4v) is 11.9. The van der Waals surface area contributed by atoms with Gasteiger partial charge in [-0.05, 0) is 98.8 Å². The van der Waals surface area contributed by atoms with Crippen molar-refractivity contribution in [3.8, 4) is 11.5 Å². The highest BCUT2D eigenvalue weighted by atomic mass is 35.5. The Hall–Kier alpha value is -4.27. The maximum atomic E-state index is 13.1. The minimum Gasteiger partial charge on any atom is -0.494 e. The lowest BCUT2D eigenvalue weighted by atomic mass is 10.0. The van der Waals surface area contributed by atoms with Crippen molar-refractivity contribution in [2.45, 2.75) is 48.1 Å². The fourth-order valence-electron chi connectivity index (χ4n) is 5.98. The van der Waals surface area contributed by atoms with E-state index < -0.39 is 19.7 Å². The van der Waals surface area contributed by atoms with Gasteiger partial charge in [0, 0.05) is 36.9 Å². The number of halogens is 3. The second kappa shape index (κ2) is 17.7. The Morgan fingerprint density at radius 3 is 1.60 bits per heavy atom. The lowest BCUT2D eigenvalue weighted by molar-refractivity contribution is 0.102. The van der Waals surface area contributed by atoms with Crippen LogP contribution in [0, 0.1) is 0 Å². The Morgan fingerprint density at radius 2 is 1.05 bits per heavy atom. The number of benzene rings is 6. The average molecular weight is 898 g/mol. The van der Waals surface area contributed by atoms with Crippen LogP contribution in [0.4, 0.5) is 0 Å². The van der Waals surface area contributed by atoms with Gasteiger partial charge in [0.15, 0.2) is 11.6 Å². The van der Waals surface area contributed by atoms with Gasteiger partial charge in [-0.3, -0.25) is 9.59 Å². The summed E-state index contributed by atoms with van der Waals surface area (Å²) in [6, 6.07) is 33.4. The molecule has 0 aromatic heterocycles. The van der Waals surface area contributed by atoms with Gasteiger partial charge in [0.2, 0.25) is 19.7 Å². The third-order valence-corrected chi connectivity index (χ3v) is 15.1. The lowest BCUT2D eigenvalue weighted by Gasteiger charge is -2.21. The van der Waals surface area contributed by atoms with Gasteiger partial charge in [-0.25, -0.2) is 16.8 Å². The number of sulfone groups is 2. The third kappa shape index (κ3) is 8.63. The van der Waals surface area contributed by atoms with Crippen LogP contribution in [0.3, 0.4) is 0 Å². The number of carbonyl (C=O) groups excluding carboxylic acids is 2. The number of thiol groups is 1. The van der Waals surface area contributed by atoms with E-state index in [2.05, 4.69) is 12.6 Å². The molecular weight excluding hydrogens is 867 g/mol. The molecule has 0 atom stereocenters. The van der Waals surface area contributed by atoms with E-state index in [0.717, 1.165) is 21.3 Å². The van der Waals surface area contributed by atoms with Crippen molar-refractivity contribution in [1.82, 2.24) is 0 Å². The number of rotatable bonds is 6. The van der Waals surface area contributed by atoms with Crippen molar-refractivity contribution in [1.29, 1.82) is 0 Å². The molecule has 0 saturated carbocycles. The first-order chi connectivity index (χ1) is 27.2. The zero-order chi connectivity index (χ0) is 41.1. The van der Waals surface area contributed by atoms with Gasteiger partial charge >= 0.3 is 0 Å². The summed E-state index contributed by atoms with van der Waals surface area (Å²) in [6.07, 6.45) is 0. The van der Waals surface area contributed by atoms with Crippen molar-refractivity contribution in [2.24, 2.45) is 0 Å². The maximum absolute atomic E-state index is 13.1. The van der Waals surface area contributed by atoms with E-state index in [0.29, 0.717) is 18.1 Å². The topological polar surface area (TPSA) is 121 Å². The molecule has 0 unspecified atom stereocenters. The molecule has 0 bridgehead atoms. The van der Waals surface area contributed by atoms with Gasteiger partial charge in [0.1, 0.15) is 21.3 Å². The standard InChI is InChI=1S/C21H15ClO4S2.C13H6Cl2O3S.C8H10OS/c1-2-26-13-6-5-7-14(12-13)27-17-11-10-16-20(23)15-8-3-4-9-18(15)28(24,25)21(16)19(17)22;14-9-6-5-8-12(16)7-3-1-2-4-10(7)19(17,18)13(8)11(9)15;1-2-9-7-4-3-5-8(10)6-7/h3-12H,2H2,1H3;1-6H;3-6,10H,2H2,1H3. The van der Waals surface area contributed by atoms with E-state index in [1.807, 2.05) is 62.4 Å². The Kier molecular flexibility index (Phi) is 13.1. The summed E-state index contributed by atoms with van der Waals surface area (Å²) in [5.74, 6) is 0.907. The third-order valence-electron chi connectivity index (χ3n) is 8.45. The molecule has 15 heteroatoms. The van der Waals surface area contributed by atoms with Gasteiger partial charge in [-0.1, -0.05) is 83.0 Å². The Labute approximate surface area is 355 Å².